The third kappa shape index (κ3) is 2.04. The molecule has 1 aromatic carbocycles. The van der Waals surface area contributed by atoms with Gasteiger partial charge in [0.25, 0.3) is 5.56 Å². The maximum atomic E-state index is 12.9. The topological polar surface area (TPSA) is 81.0 Å². The normalized spacial score (nSPS) is 13.3. The highest BCUT2D eigenvalue weighted by atomic mass is 16.5. The summed E-state index contributed by atoms with van der Waals surface area (Å²) in [7, 11) is 1.55. The molecule has 112 valence electrons. The van der Waals surface area contributed by atoms with Gasteiger partial charge in [0.1, 0.15) is 17.6 Å². The molecule has 0 aliphatic heterocycles. The number of anilines is 1. The number of rotatable bonds is 2. The van der Waals surface area contributed by atoms with E-state index in [1.54, 1.807) is 19.2 Å². The van der Waals surface area contributed by atoms with Gasteiger partial charge in [-0.2, -0.15) is 5.26 Å². The summed E-state index contributed by atoms with van der Waals surface area (Å²) in [5, 5.41) is 9.49. The Hall–Kier alpha value is -2.74. The van der Waals surface area contributed by atoms with Crippen LogP contribution in [0.15, 0.2) is 29.1 Å². The Bertz CT molecular complexity index is 831. The van der Waals surface area contributed by atoms with Crippen LogP contribution in [0, 0.1) is 11.3 Å². The lowest BCUT2D eigenvalue weighted by atomic mass is 9.89. The predicted octanol–water partition coefficient (Wildman–Crippen LogP) is 2.18. The van der Waals surface area contributed by atoms with E-state index in [0.717, 1.165) is 24.8 Å². The zero-order chi connectivity index (χ0) is 15.7. The highest BCUT2D eigenvalue weighted by Gasteiger charge is 2.24. The Morgan fingerprint density at radius 2 is 1.91 bits per heavy atom. The number of nitrogens with zero attached hydrogens (tertiary/aromatic N) is 2. The minimum Gasteiger partial charge on any atom is -0.495 e. The number of ether oxygens (including phenoxy) is 1. The Morgan fingerprint density at radius 1 is 1.23 bits per heavy atom. The van der Waals surface area contributed by atoms with E-state index in [1.165, 1.54) is 4.57 Å². The van der Waals surface area contributed by atoms with Crippen LogP contribution in [-0.2, 0) is 12.8 Å². The molecule has 0 amide bonds. The average Bonchev–Trinajstić information content (AvgIpc) is 2.56. The Morgan fingerprint density at radius 3 is 2.59 bits per heavy atom. The minimum absolute atomic E-state index is 0.143. The molecular weight excluding hydrogens is 278 g/mol. The molecule has 1 aromatic heterocycles. The van der Waals surface area contributed by atoms with E-state index in [2.05, 4.69) is 6.07 Å². The number of nitriles is 1. The largest absolute Gasteiger partial charge is 0.495 e. The van der Waals surface area contributed by atoms with Crippen LogP contribution in [-0.4, -0.2) is 11.7 Å². The van der Waals surface area contributed by atoms with Crippen molar-refractivity contribution in [1.82, 2.24) is 4.57 Å². The standard InChI is InChI=1S/C17H17N3O2/c1-22-15-9-5-4-8-14(15)20-16(19)13(10-18)11-6-2-3-7-12(11)17(20)21/h4-5,8-9H,2-3,6-7,19H2,1H3. The molecule has 0 fully saturated rings. The lowest BCUT2D eigenvalue weighted by molar-refractivity contribution is 0.412. The Kier molecular flexibility index (Phi) is 3.60. The van der Waals surface area contributed by atoms with E-state index in [0.29, 0.717) is 29.0 Å². The smallest absolute Gasteiger partial charge is 0.260 e. The van der Waals surface area contributed by atoms with Crippen molar-refractivity contribution >= 4 is 5.82 Å². The van der Waals surface area contributed by atoms with Crippen molar-refractivity contribution in [3.63, 3.8) is 0 Å². The van der Waals surface area contributed by atoms with Gasteiger partial charge in [-0.1, -0.05) is 12.1 Å². The number of hydrogen-bond acceptors (Lipinski definition) is 4. The molecule has 2 N–H and O–H groups in total. The average molecular weight is 295 g/mol. The van der Waals surface area contributed by atoms with Gasteiger partial charge in [0.15, 0.2) is 0 Å². The summed E-state index contributed by atoms with van der Waals surface area (Å²) < 4.78 is 6.73. The maximum Gasteiger partial charge on any atom is 0.260 e. The van der Waals surface area contributed by atoms with Crippen LogP contribution in [0.4, 0.5) is 5.82 Å². The molecule has 0 bridgehead atoms. The number of aromatic nitrogens is 1. The van der Waals surface area contributed by atoms with Crippen LogP contribution in [0.1, 0.15) is 29.5 Å². The molecule has 22 heavy (non-hydrogen) atoms. The molecule has 0 radical (unpaired) electrons. The van der Waals surface area contributed by atoms with Crippen molar-refractivity contribution in [1.29, 1.82) is 5.26 Å². The first-order chi connectivity index (χ1) is 10.7. The highest BCUT2D eigenvalue weighted by Crippen LogP contribution is 2.29. The second-order valence-electron chi connectivity index (χ2n) is 5.35. The second-order valence-corrected chi connectivity index (χ2v) is 5.35. The Balaban J connectivity index is 2.38. The van der Waals surface area contributed by atoms with E-state index in [-0.39, 0.29) is 11.4 Å². The summed E-state index contributed by atoms with van der Waals surface area (Å²) in [5.74, 6) is 0.744. The molecule has 5 heteroatoms. The highest BCUT2D eigenvalue weighted by molar-refractivity contribution is 5.62. The zero-order valence-electron chi connectivity index (χ0n) is 12.4. The van der Waals surface area contributed by atoms with Crippen molar-refractivity contribution < 1.29 is 4.74 Å². The third-order valence-electron chi connectivity index (χ3n) is 4.17. The number of methoxy groups -OCH3 is 1. The summed E-state index contributed by atoms with van der Waals surface area (Å²) in [6, 6.07) is 9.36. The fourth-order valence-corrected chi connectivity index (χ4v) is 3.11. The molecule has 0 spiro atoms. The molecular formula is C17H17N3O2. The molecule has 2 aromatic rings. The van der Waals surface area contributed by atoms with Gasteiger partial charge in [-0.15, -0.1) is 0 Å². The summed E-state index contributed by atoms with van der Waals surface area (Å²) in [4.78, 5) is 12.9. The van der Waals surface area contributed by atoms with Crippen molar-refractivity contribution in [3.8, 4) is 17.5 Å². The summed E-state index contributed by atoms with van der Waals surface area (Å²) >= 11 is 0. The van der Waals surface area contributed by atoms with E-state index >= 15 is 0 Å². The van der Waals surface area contributed by atoms with E-state index in [9.17, 15) is 10.1 Å². The first kappa shape index (κ1) is 14.2. The van der Waals surface area contributed by atoms with Gasteiger partial charge in [0.05, 0.1) is 18.4 Å². The monoisotopic (exact) mass is 295 g/mol. The number of hydrogen-bond donors (Lipinski definition) is 1. The number of nitrogen functional groups attached to an aromatic ring is 1. The molecule has 0 atom stereocenters. The Labute approximate surface area is 128 Å². The molecule has 3 rings (SSSR count). The van der Waals surface area contributed by atoms with Gasteiger partial charge in [0, 0.05) is 5.56 Å². The fourth-order valence-electron chi connectivity index (χ4n) is 3.11. The predicted molar refractivity (Wildman–Crippen MR) is 84.4 cm³/mol. The third-order valence-corrected chi connectivity index (χ3v) is 4.17. The summed E-state index contributed by atoms with van der Waals surface area (Å²) in [6.45, 7) is 0. The van der Waals surface area contributed by atoms with Crippen molar-refractivity contribution in [2.24, 2.45) is 0 Å². The van der Waals surface area contributed by atoms with Crippen LogP contribution in [0.2, 0.25) is 0 Å². The van der Waals surface area contributed by atoms with Crippen molar-refractivity contribution in [3.05, 3.63) is 51.3 Å². The van der Waals surface area contributed by atoms with Gasteiger partial charge in [-0.05, 0) is 43.4 Å². The fraction of sp³-hybridized carbons (Fsp3) is 0.294. The molecule has 0 unspecified atom stereocenters. The molecule has 5 nitrogen and oxygen atoms in total. The van der Waals surface area contributed by atoms with Gasteiger partial charge in [-0.3, -0.25) is 9.36 Å². The lowest BCUT2D eigenvalue weighted by Crippen LogP contribution is -2.30. The van der Waals surface area contributed by atoms with Crippen molar-refractivity contribution in [2.75, 3.05) is 12.8 Å². The van der Waals surface area contributed by atoms with Gasteiger partial charge in [-0.25, -0.2) is 0 Å². The number of pyridine rings is 1. The first-order valence-electron chi connectivity index (χ1n) is 7.28. The molecule has 0 saturated carbocycles. The van der Waals surface area contributed by atoms with Crippen LogP contribution < -0.4 is 16.0 Å². The number of para-hydroxylation sites is 2. The number of nitrogens with two attached hydrogens (primary N) is 1. The van der Waals surface area contributed by atoms with E-state index < -0.39 is 0 Å². The van der Waals surface area contributed by atoms with Gasteiger partial charge < -0.3 is 10.5 Å². The molecule has 1 aliphatic rings. The SMILES string of the molecule is COc1ccccc1-n1c(N)c(C#N)c2c(c1=O)CCCC2. The maximum absolute atomic E-state index is 12.9. The zero-order valence-corrected chi connectivity index (χ0v) is 12.4. The van der Waals surface area contributed by atoms with Gasteiger partial charge in [0.2, 0.25) is 0 Å². The van der Waals surface area contributed by atoms with Crippen LogP contribution in [0.25, 0.3) is 5.69 Å². The summed E-state index contributed by atoms with van der Waals surface area (Å²) in [6.07, 6.45) is 3.38. The minimum atomic E-state index is -0.143. The quantitative estimate of drug-likeness (QED) is 0.920. The molecule has 0 saturated heterocycles. The lowest BCUT2D eigenvalue weighted by Gasteiger charge is -2.22. The number of fused-ring (bicyclic) bond motifs is 1. The number of benzene rings is 1. The van der Waals surface area contributed by atoms with Crippen LogP contribution >= 0.6 is 0 Å². The van der Waals surface area contributed by atoms with E-state index in [4.69, 9.17) is 10.5 Å². The van der Waals surface area contributed by atoms with Crippen LogP contribution in [0.3, 0.4) is 0 Å². The van der Waals surface area contributed by atoms with Gasteiger partial charge >= 0.3 is 0 Å². The molecule has 1 aliphatic carbocycles. The molecule has 1 heterocycles. The summed E-state index contributed by atoms with van der Waals surface area (Å²) in [5.41, 5.74) is 8.53. The first-order valence-corrected chi connectivity index (χ1v) is 7.28. The van der Waals surface area contributed by atoms with E-state index in [1.807, 2.05) is 12.1 Å². The van der Waals surface area contributed by atoms with Crippen LogP contribution in [0.5, 0.6) is 5.75 Å². The van der Waals surface area contributed by atoms with Crippen molar-refractivity contribution in [2.45, 2.75) is 25.7 Å². The second kappa shape index (κ2) is 5.57.